The number of hydrogen-bond acceptors (Lipinski definition) is 5. The van der Waals surface area contributed by atoms with Gasteiger partial charge in [0, 0.05) is 42.1 Å². The predicted molar refractivity (Wildman–Crippen MR) is 110 cm³/mol. The first-order chi connectivity index (χ1) is 13.6. The SMILES string of the molecule is Cc1csc(CC(=O)c2cc(-c3ccc4c(cnn4C)c3)cn3ccnc23)n1. The van der Waals surface area contributed by atoms with Crippen LogP contribution in [-0.2, 0) is 13.5 Å². The number of benzene rings is 1. The van der Waals surface area contributed by atoms with Gasteiger partial charge < -0.3 is 4.40 Å². The lowest BCUT2D eigenvalue weighted by molar-refractivity contribution is 0.0994. The van der Waals surface area contributed by atoms with Crippen LogP contribution in [0.4, 0.5) is 0 Å². The average molecular weight is 387 g/mol. The molecule has 0 amide bonds. The van der Waals surface area contributed by atoms with Crippen LogP contribution in [0.2, 0.25) is 0 Å². The molecule has 28 heavy (non-hydrogen) atoms. The number of thiazole rings is 1. The van der Waals surface area contributed by atoms with E-state index in [4.69, 9.17) is 0 Å². The first-order valence-electron chi connectivity index (χ1n) is 8.91. The smallest absolute Gasteiger partial charge is 0.173 e. The maximum Gasteiger partial charge on any atom is 0.173 e. The number of carbonyl (C=O) groups excluding carboxylic acids is 1. The lowest BCUT2D eigenvalue weighted by Gasteiger charge is -2.08. The second-order valence-electron chi connectivity index (χ2n) is 6.82. The molecule has 5 aromatic rings. The first kappa shape index (κ1) is 16.8. The first-order valence-corrected chi connectivity index (χ1v) is 9.79. The molecule has 4 aromatic heterocycles. The van der Waals surface area contributed by atoms with Crippen LogP contribution in [-0.4, -0.2) is 29.9 Å². The summed E-state index contributed by atoms with van der Waals surface area (Å²) in [6.45, 7) is 1.94. The molecule has 1 aromatic carbocycles. The zero-order valence-corrected chi connectivity index (χ0v) is 16.3. The number of pyridine rings is 1. The van der Waals surface area contributed by atoms with Crippen LogP contribution in [0, 0.1) is 6.92 Å². The Morgan fingerprint density at radius 3 is 2.93 bits per heavy atom. The van der Waals surface area contributed by atoms with Crippen LogP contribution in [0.25, 0.3) is 27.7 Å². The van der Waals surface area contributed by atoms with Crippen LogP contribution in [0.5, 0.6) is 0 Å². The van der Waals surface area contributed by atoms with Crippen molar-refractivity contribution in [1.29, 1.82) is 0 Å². The van der Waals surface area contributed by atoms with E-state index in [9.17, 15) is 4.79 Å². The molecule has 0 N–H and O–H groups in total. The van der Waals surface area contributed by atoms with E-state index in [1.807, 2.05) is 53.1 Å². The van der Waals surface area contributed by atoms with Gasteiger partial charge in [-0.15, -0.1) is 11.3 Å². The molecule has 0 radical (unpaired) electrons. The predicted octanol–water partition coefficient (Wildman–Crippen LogP) is 4.08. The highest BCUT2D eigenvalue weighted by atomic mass is 32.1. The van der Waals surface area contributed by atoms with Gasteiger partial charge in [0.05, 0.1) is 23.7 Å². The molecule has 0 saturated heterocycles. The summed E-state index contributed by atoms with van der Waals surface area (Å²) in [4.78, 5) is 21.8. The maximum absolute atomic E-state index is 13.0. The molecule has 0 aliphatic heterocycles. The number of imidazole rings is 1. The number of aromatic nitrogens is 5. The third-order valence-electron chi connectivity index (χ3n) is 4.85. The number of Topliss-reactive ketones (excluding diaryl/α,β-unsaturated/α-hetero) is 1. The summed E-state index contributed by atoms with van der Waals surface area (Å²) < 4.78 is 3.76. The molecule has 138 valence electrons. The number of nitrogens with zero attached hydrogens (tertiary/aromatic N) is 5. The van der Waals surface area contributed by atoms with E-state index >= 15 is 0 Å². The molecule has 7 heteroatoms. The monoisotopic (exact) mass is 387 g/mol. The lowest BCUT2D eigenvalue weighted by Crippen LogP contribution is -2.06. The minimum atomic E-state index is 0.0230. The van der Waals surface area contributed by atoms with Crippen molar-refractivity contribution in [3.63, 3.8) is 0 Å². The van der Waals surface area contributed by atoms with E-state index in [0.29, 0.717) is 11.2 Å². The molecule has 0 saturated carbocycles. The number of fused-ring (bicyclic) bond motifs is 2. The van der Waals surface area contributed by atoms with Crippen LogP contribution < -0.4 is 0 Å². The zero-order valence-electron chi connectivity index (χ0n) is 15.5. The highest BCUT2D eigenvalue weighted by Gasteiger charge is 2.16. The Morgan fingerprint density at radius 2 is 2.11 bits per heavy atom. The van der Waals surface area contributed by atoms with Gasteiger partial charge in [0.25, 0.3) is 0 Å². The van der Waals surface area contributed by atoms with Gasteiger partial charge in [-0.1, -0.05) is 6.07 Å². The summed E-state index contributed by atoms with van der Waals surface area (Å²) >= 11 is 1.52. The Labute approximate surface area is 165 Å². The van der Waals surface area contributed by atoms with Crippen molar-refractivity contribution in [3.8, 4) is 11.1 Å². The van der Waals surface area contributed by atoms with E-state index in [2.05, 4.69) is 33.3 Å². The van der Waals surface area contributed by atoms with Crippen LogP contribution in [0.3, 0.4) is 0 Å². The fraction of sp³-hybridized carbons (Fsp3) is 0.143. The molecule has 0 fully saturated rings. The Kier molecular flexibility index (Phi) is 3.84. The number of carbonyl (C=O) groups is 1. The van der Waals surface area contributed by atoms with E-state index in [0.717, 1.165) is 32.7 Å². The van der Waals surface area contributed by atoms with Crippen molar-refractivity contribution in [3.05, 3.63) is 70.7 Å². The molecular formula is C21H17N5OS. The molecule has 4 heterocycles. The van der Waals surface area contributed by atoms with Gasteiger partial charge in [0.1, 0.15) is 10.7 Å². The quantitative estimate of drug-likeness (QED) is 0.436. The Balaban J connectivity index is 1.60. The summed E-state index contributed by atoms with van der Waals surface area (Å²) in [7, 11) is 1.93. The Bertz CT molecular complexity index is 1340. The minimum Gasteiger partial charge on any atom is -0.306 e. The van der Waals surface area contributed by atoms with Gasteiger partial charge in [-0.25, -0.2) is 9.97 Å². The van der Waals surface area contributed by atoms with E-state index < -0.39 is 0 Å². The van der Waals surface area contributed by atoms with Crippen molar-refractivity contribution in [2.75, 3.05) is 0 Å². The second-order valence-corrected chi connectivity index (χ2v) is 7.77. The average Bonchev–Trinajstić information content (AvgIpc) is 3.41. The van der Waals surface area contributed by atoms with Crippen LogP contribution in [0.15, 0.2) is 54.4 Å². The Morgan fingerprint density at radius 1 is 1.21 bits per heavy atom. The molecule has 0 unspecified atom stereocenters. The minimum absolute atomic E-state index is 0.0230. The van der Waals surface area contributed by atoms with Gasteiger partial charge >= 0.3 is 0 Å². The summed E-state index contributed by atoms with van der Waals surface area (Å²) in [6.07, 6.45) is 7.72. The largest absolute Gasteiger partial charge is 0.306 e. The number of hydrogen-bond donors (Lipinski definition) is 0. The molecule has 0 atom stereocenters. The highest BCUT2D eigenvalue weighted by Crippen LogP contribution is 2.27. The van der Waals surface area contributed by atoms with E-state index in [1.165, 1.54) is 11.3 Å². The molecule has 0 aliphatic rings. The third-order valence-corrected chi connectivity index (χ3v) is 5.81. The number of aryl methyl sites for hydroxylation is 2. The molecule has 6 nitrogen and oxygen atoms in total. The summed E-state index contributed by atoms with van der Waals surface area (Å²) in [5, 5.41) is 8.17. The van der Waals surface area contributed by atoms with Gasteiger partial charge in [0.15, 0.2) is 5.78 Å². The fourth-order valence-electron chi connectivity index (χ4n) is 3.46. The van der Waals surface area contributed by atoms with Gasteiger partial charge in [-0.05, 0) is 36.2 Å². The van der Waals surface area contributed by atoms with Crippen molar-refractivity contribution >= 4 is 33.7 Å². The van der Waals surface area contributed by atoms with Crippen molar-refractivity contribution in [2.24, 2.45) is 7.05 Å². The third kappa shape index (κ3) is 2.80. The van der Waals surface area contributed by atoms with Crippen molar-refractivity contribution in [1.82, 2.24) is 24.1 Å². The molecule has 0 spiro atoms. The Hall–Kier alpha value is -3.32. The molecule has 0 bridgehead atoms. The standard InChI is InChI=1S/C21H17N5OS/c1-13-12-28-20(24-13)9-19(27)17-8-16(11-26-6-5-22-21(17)26)14-3-4-18-15(7-14)10-23-25(18)2/h3-8,10-12H,9H2,1-2H3. The molecular weight excluding hydrogens is 370 g/mol. The number of rotatable bonds is 4. The van der Waals surface area contributed by atoms with Gasteiger partial charge in [-0.2, -0.15) is 5.10 Å². The lowest BCUT2D eigenvalue weighted by atomic mass is 10.0. The number of ketones is 1. The van der Waals surface area contributed by atoms with Crippen LogP contribution >= 0.6 is 11.3 Å². The van der Waals surface area contributed by atoms with Crippen molar-refractivity contribution in [2.45, 2.75) is 13.3 Å². The molecule has 5 rings (SSSR count). The van der Waals surface area contributed by atoms with Crippen molar-refractivity contribution < 1.29 is 4.79 Å². The summed E-state index contributed by atoms with van der Waals surface area (Å²) in [5.74, 6) is 0.0230. The molecule has 0 aliphatic carbocycles. The highest BCUT2D eigenvalue weighted by molar-refractivity contribution is 7.09. The van der Waals surface area contributed by atoms with E-state index in [-0.39, 0.29) is 12.2 Å². The van der Waals surface area contributed by atoms with E-state index in [1.54, 1.807) is 6.20 Å². The summed E-state index contributed by atoms with van der Waals surface area (Å²) in [5.41, 5.74) is 5.30. The zero-order chi connectivity index (χ0) is 19.3. The fourth-order valence-corrected chi connectivity index (χ4v) is 4.23. The topological polar surface area (TPSA) is 65.1 Å². The summed E-state index contributed by atoms with van der Waals surface area (Å²) in [6, 6.07) is 8.14. The van der Waals surface area contributed by atoms with Gasteiger partial charge in [-0.3, -0.25) is 9.48 Å². The normalized spacial score (nSPS) is 11.5. The maximum atomic E-state index is 13.0. The second kappa shape index (κ2) is 6.38. The van der Waals surface area contributed by atoms with Crippen LogP contribution in [0.1, 0.15) is 21.1 Å². The van der Waals surface area contributed by atoms with Gasteiger partial charge in [0.2, 0.25) is 0 Å².